The highest BCUT2D eigenvalue weighted by atomic mass is 79.9. The zero-order chi connectivity index (χ0) is 13.1. The Labute approximate surface area is 119 Å². The fourth-order valence-electron chi connectivity index (χ4n) is 1.57. The molecule has 94 valence electrons. The fourth-order valence-corrected chi connectivity index (χ4v) is 2.18. The maximum absolute atomic E-state index is 5.95. The summed E-state index contributed by atoms with van der Waals surface area (Å²) in [4.78, 5) is 10.4. The van der Waals surface area contributed by atoms with Crippen molar-refractivity contribution < 1.29 is 0 Å². The van der Waals surface area contributed by atoms with Crippen molar-refractivity contribution in [2.24, 2.45) is 0 Å². The van der Waals surface area contributed by atoms with Gasteiger partial charge in [-0.3, -0.25) is 0 Å². The number of hydrogen-bond acceptors (Lipinski definition) is 4. The molecular formula is C12H12BrClN4. The quantitative estimate of drug-likeness (QED) is 0.880. The maximum atomic E-state index is 5.95. The third-order valence-electron chi connectivity index (χ3n) is 2.35. The number of nitrogens with zero attached hydrogens (tertiary/aromatic N) is 3. The van der Waals surface area contributed by atoms with Crippen LogP contribution in [-0.2, 0) is 6.54 Å². The van der Waals surface area contributed by atoms with E-state index in [0.29, 0.717) is 22.9 Å². The minimum atomic E-state index is 0.435. The van der Waals surface area contributed by atoms with Gasteiger partial charge in [-0.25, -0.2) is 4.98 Å². The lowest BCUT2D eigenvalue weighted by atomic mass is 10.2. The van der Waals surface area contributed by atoms with Crippen molar-refractivity contribution in [1.82, 2.24) is 9.97 Å². The molecule has 0 atom stereocenters. The lowest BCUT2D eigenvalue weighted by Gasteiger charge is -2.17. The van der Waals surface area contributed by atoms with E-state index in [0.717, 1.165) is 10.6 Å². The van der Waals surface area contributed by atoms with Gasteiger partial charge in [0.15, 0.2) is 0 Å². The molecule has 6 heteroatoms. The van der Waals surface area contributed by atoms with Crippen LogP contribution in [0.1, 0.15) is 5.56 Å². The molecule has 0 unspecified atom stereocenters. The summed E-state index contributed by atoms with van der Waals surface area (Å²) < 4.78 is 0.669. The number of hydrogen-bond donors (Lipinski definition) is 1. The molecule has 2 rings (SSSR count). The lowest BCUT2D eigenvalue weighted by molar-refractivity contribution is 0.865. The number of nitrogen functional groups attached to an aromatic ring is 1. The van der Waals surface area contributed by atoms with Gasteiger partial charge in [-0.05, 0) is 33.6 Å². The number of benzene rings is 1. The van der Waals surface area contributed by atoms with Crippen molar-refractivity contribution in [3.8, 4) is 0 Å². The molecule has 2 N–H and O–H groups in total. The predicted octanol–water partition coefficient (Wildman–Crippen LogP) is 3.11. The number of halogens is 2. The zero-order valence-corrected chi connectivity index (χ0v) is 12.1. The van der Waals surface area contributed by atoms with E-state index in [1.165, 1.54) is 0 Å². The molecule has 0 fully saturated rings. The van der Waals surface area contributed by atoms with Crippen LogP contribution in [0.2, 0.25) is 5.02 Å². The first-order chi connectivity index (χ1) is 8.54. The molecule has 1 aromatic heterocycles. The van der Waals surface area contributed by atoms with Gasteiger partial charge in [0.2, 0.25) is 5.95 Å². The van der Waals surface area contributed by atoms with Crippen molar-refractivity contribution in [2.75, 3.05) is 17.7 Å². The first-order valence-electron chi connectivity index (χ1n) is 5.30. The first-order valence-corrected chi connectivity index (χ1v) is 6.47. The normalized spacial score (nSPS) is 10.4. The van der Waals surface area contributed by atoms with Crippen molar-refractivity contribution >= 4 is 39.3 Å². The summed E-state index contributed by atoms with van der Waals surface area (Å²) >= 11 is 9.25. The van der Waals surface area contributed by atoms with Crippen LogP contribution in [0, 0.1) is 0 Å². The van der Waals surface area contributed by atoms with Crippen LogP contribution in [0.5, 0.6) is 0 Å². The van der Waals surface area contributed by atoms with Gasteiger partial charge in [-0.1, -0.05) is 23.7 Å². The predicted molar refractivity (Wildman–Crippen MR) is 77.7 cm³/mol. The average Bonchev–Trinajstić information content (AvgIpc) is 2.27. The highest BCUT2D eigenvalue weighted by Gasteiger charge is 2.07. The molecule has 0 aliphatic rings. The number of nitrogens with two attached hydrogens (primary N) is 1. The van der Waals surface area contributed by atoms with Gasteiger partial charge in [-0.2, -0.15) is 4.98 Å². The molecule has 1 aromatic carbocycles. The van der Waals surface area contributed by atoms with Gasteiger partial charge in [-0.15, -0.1) is 0 Å². The van der Waals surface area contributed by atoms with E-state index in [-0.39, 0.29) is 0 Å². The van der Waals surface area contributed by atoms with Gasteiger partial charge in [0.25, 0.3) is 0 Å². The second-order valence-electron chi connectivity index (χ2n) is 3.90. The monoisotopic (exact) mass is 326 g/mol. The third-order valence-corrected chi connectivity index (χ3v) is 2.99. The van der Waals surface area contributed by atoms with Crippen LogP contribution in [0.3, 0.4) is 0 Å². The summed E-state index contributed by atoms with van der Waals surface area (Å²) in [5.41, 5.74) is 6.78. The van der Waals surface area contributed by atoms with Crippen LogP contribution >= 0.6 is 27.5 Å². The zero-order valence-electron chi connectivity index (χ0n) is 9.77. The third kappa shape index (κ3) is 3.34. The Morgan fingerprint density at radius 3 is 2.78 bits per heavy atom. The summed E-state index contributed by atoms with van der Waals surface area (Å²) in [5.74, 6) is 1.01. The molecule has 0 saturated carbocycles. The molecule has 0 radical (unpaired) electrons. The van der Waals surface area contributed by atoms with Crippen molar-refractivity contribution in [1.29, 1.82) is 0 Å². The fraction of sp³-hybridized carbons (Fsp3) is 0.167. The van der Waals surface area contributed by atoms with E-state index >= 15 is 0 Å². The number of rotatable bonds is 3. The molecule has 18 heavy (non-hydrogen) atoms. The second-order valence-corrected chi connectivity index (χ2v) is 5.15. The molecule has 4 nitrogen and oxygen atoms in total. The Hall–Kier alpha value is -1.33. The van der Waals surface area contributed by atoms with Crippen molar-refractivity contribution in [3.05, 3.63) is 45.5 Å². The SMILES string of the molecule is CN(Cc1cccc(Cl)c1)c1nc(N)cc(Br)n1. The van der Waals surface area contributed by atoms with Gasteiger partial charge in [0.05, 0.1) is 0 Å². The Bertz CT molecular complexity index is 541. The van der Waals surface area contributed by atoms with Gasteiger partial charge < -0.3 is 10.6 Å². The molecule has 0 saturated heterocycles. The van der Waals surface area contributed by atoms with E-state index in [4.69, 9.17) is 17.3 Å². The highest BCUT2D eigenvalue weighted by Crippen LogP contribution is 2.18. The van der Waals surface area contributed by atoms with Gasteiger partial charge in [0.1, 0.15) is 10.4 Å². The summed E-state index contributed by atoms with van der Waals surface area (Å²) in [6.07, 6.45) is 0. The van der Waals surface area contributed by atoms with Crippen LogP contribution < -0.4 is 10.6 Å². The summed E-state index contributed by atoms with van der Waals surface area (Å²) in [6, 6.07) is 9.35. The van der Waals surface area contributed by atoms with Crippen molar-refractivity contribution in [3.63, 3.8) is 0 Å². The summed E-state index contributed by atoms with van der Waals surface area (Å²) in [7, 11) is 1.90. The molecule has 2 aromatic rings. The van der Waals surface area contributed by atoms with Crippen LogP contribution in [-0.4, -0.2) is 17.0 Å². The number of aromatic nitrogens is 2. The molecule has 1 heterocycles. The van der Waals surface area contributed by atoms with E-state index in [1.54, 1.807) is 6.07 Å². The van der Waals surface area contributed by atoms with Crippen molar-refractivity contribution in [2.45, 2.75) is 6.54 Å². The Morgan fingerprint density at radius 1 is 1.33 bits per heavy atom. The van der Waals surface area contributed by atoms with Crippen LogP contribution in [0.25, 0.3) is 0 Å². The largest absolute Gasteiger partial charge is 0.383 e. The molecule has 0 amide bonds. The van der Waals surface area contributed by atoms with Gasteiger partial charge in [0, 0.05) is 24.7 Å². The topological polar surface area (TPSA) is 55.0 Å². The second kappa shape index (κ2) is 5.54. The summed E-state index contributed by atoms with van der Waals surface area (Å²) in [5, 5.41) is 0.718. The van der Waals surface area contributed by atoms with Crippen LogP contribution in [0.15, 0.2) is 34.9 Å². The first kappa shape index (κ1) is 13.1. The van der Waals surface area contributed by atoms with E-state index in [2.05, 4.69) is 25.9 Å². The minimum Gasteiger partial charge on any atom is -0.383 e. The summed E-state index contributed by atoms with van der Waals surface area (Å²) in [6.45, 7) is 0.663. The van der Waals surface area contributed by atoms with E-state index < -0.39 is 0 Å². The smallest absolute Gasteiger partial charge is 0.228 e. The molecule has 0 bridgehead atoms. The average molecular weight is 328 g/mol. The lowest BCUT2D eigenvalue weighted by Crippen LogP contribution is -2.19. The molecule has 0 spiro atoms. The highest BCUT2D eigenvalue weighted by molar-refractivity contribution is 9.10. The van der Waals surface area contributed by atoms with Crippen LogP contribution in [0.4, 0.5) is 11.8 Å². The molecular weight excluding hydrogens is 316 g/mol. The van der Waals surface area contributed by atoms with E-state index in [9.17, 15) is 0 Å². The minimum absolute atomic E-state index is 0.435. The standard InChI is InChI=1S/C12H12BrClN4/c1-18(7-8-3-2-4-9(14)5-8)12-16-10(13)6-11(15)17-12/h2-6H,7H2,1H3,(H2,15,16,17). The Morgan fingerprint density at radius 2 is 2.11 bits per heavy atom. The Kier molecular flexibility index (Phi) is 4.04. The number of anilines is 2. The molecule has 0 aliphatic heterocycles. The Balaban J connectivity index is 2.19. The maximum Gasteiger partial charge on any atom is 0.228 e. The van der Waals surface area contributed by atoms with Gasteiger partial charge >= 0.3 is 0 Å². The van der Waals surface area contributed by atoms with E-state index in [1.807, 2.05) is 36.2 Å². The molecule has 0 aliphatic carbocycles.